The van der Waals surface area contributed by atoms with E-state index in [1.165, 1.54) is 12.1 Å². The Morgan fingerprint density at radius 2 is 1.84 bits per heavy atom. The summed E-state index contributed by atoms with van der Waals surface area (Å²) < 4.78 is 24.7. The van der Waals surface area contributed by atoms with Crippen LogP contribution in [0.3, 0.4) is 0 Å². The van der Waals surface area contributed by atoms with Crippen molar-refractivity contribution in [2.24, 2.45) is 10.9 Å². The zero-order chi connectivity index (χ0) is 21.6. The van der Waals surface area contributed by atoms with Crippen molar-refractivity contribution in [1.29, 1.82) is 5.41 Å². The van der Waals surface area contributed by atoms with Gasteiger partial charge in [0.05, 0.1) is 0 Å². The Bertz CT molecular complexity index is 957. The molecule has 2 aromatic carbocycles. The molecular weight excluding hydrogens is 397 g/mol. The van der Waals surface area contributed by atoms with E-state index in [1.54, 1.807) is 12.1 Å². The smallest absolute Gasteiger partial charge is 0.161 e. The first-order valence-corrected chi connectivity index (χ1v) is 10.7. The minimum atomic E-state index is -0.427. The number of fused-ring (bicyclic) bond motifs is 1. The van der Waals surface area contributed by atoms with Crippen LogP contribution in [0.25, 0.3) is 0 Å². The first-order chi connectivity index (χ1) is 15.1. The summed E-state index contributed by atoms with van der Waals surface area (Å²) in [5.74, 6) is 0.501. The van der Waals surface area contributed by atoms with Gasteiger partial charge in [-0.1, -0.05) is 18.2 Å². The number of nitrogens with one attached hydrogen (secondary N) is 1. The quantitative estimate of drug-likeness (QED) is 0.548. The molecule has 2 aliphatic rings. The van der Waals surface area contributed by atoms with Gasteiger partial charge in [-0.3, -0.25) is 10.4 Å². The van der Waals surface area contributed by atoms with E-state index in [1.807, 2.05) is 18.2 Å². The van der Waals surface area contributed by atoms with Crippen LogP contribution in [-0.4, -0.2) is 49.5 Å². The molecule has 1 fully saturated rings. The van der Waals surface area contributed by atoms with Crippen molar-refractivity contribution in [2.45, 2.75) is 25.7 Å². The van der Waals surface area contributed by atoms with Crippen molar-refractivity contribution in [2.75, 3.05) is 32.8 Å². The summed E-state index contributed by atoms with van der Waals surface area (Å²) in [6, 6.07) is 11.8. The molecule has 0 bridgehead atoms. The maximum absolute atomic E-state index is 13.4. The number of halogens is 1. The third-order valence-electron chi connectivity index (χ3n) is 5.64. The molecular formula is C24H27FN3O3-. The maximum atomic E-state index is 13.4. The van der Waals surface area contributed by atoms with Gasteiger partial charge in [-0.25, -0.2) is 4.39 Å². The van der Waals surface area contributed by atoms with Gasteiger partial charge in [0.1, 0.15) is 24.9 Å². The number of likely N-dealkylation sites (tertiary alicyclic amines) is 1. The van der Waals surface area contributed by atoms with Crippen molar-refractivity contribution >= 4 is 11.7 Å². The van der Waals surface area contributed by atoms with Crippen LogP contribution in [0.2, 0.25) is 0 Å². The first kappa shape index (κ1) is 21.3. The number of amidine groups is 1. The van der Waals surface area contributed by atoms with Crippen LogP contribution in [0.5, 0.6) is 11.5 Å². The predicted octanol–water partition coefficient (Wildman–Crippen LogP) is 2.83. The summed E-state index contributed by atoms with van der Waals surface area (Å²) >= 11 is 0. The normalized spacial score (nSPS) is 17.5. The Morgan fingerprint density at radius 1 is 1.06 bits per heavy atom. The second kappa shape index (κ2) is 9.92. The van der Waals surface area contributed by atoms with Crippen LogP contribution in [0, 0.1) is 17.1 Å². The Hall–Kier alpha value is -2.93. The van der Waals surface area contributed by atoms with E-state index < -0.39 is 5.90 Å². The monoisotopic (exact) mass is 424 g/mol. The van der Waals surface area contributed by atoms with Gasteiger partial charge in [-0.05, 0) is 73.6 Å². The van der Waals surface area contributed by atoms with Crippen LogP contribution in [0.1, 0.15) is 24.0 Å². The van der Waals surface area contributed by atoms with Crippen molar-refractivity contribution in [3.8, 4) is 11.5 Å². The molecule has 1 atom stereocenters. The summed E-state index contributed by atoms with van der Waals surface area (Å²) in [5, 5.41) is 21.0. The average molecular weight is 424 g/mol. The second-order valence-electron chi connectivity index (χ2n) is 8.08. The number of benzene rings is 2. The summed E-state index contributed by atoms with van der Waals surface area (Å²) in [5.41, 5.74) is 1.58. The van der Waals surface area contributed by atoms with Crippen LogP contribution < -0.4 is 14.6 Å². The lowest BCUT2D eigenvalue weighted by atomic mass is 9.97. The van der Waals surface area contributed by atoms with Crippen LogP contribution >= 0.6 is 0 Å². The van der Waals surface area contributed by atoms with E-state index in [0.717, 1.165) is 37.2 Å². The van der Waals surface area contributed by atoms with Crippen LogP contribution in [-0.2, 0) is 12.8 Å². The Kier molecular flexibility index (Phi) is 6.82. The van der Waals surface area contributed by atoms with Gasteiger partial charge in [0, 0.05) is 18.9 Å². The largest absolute Gasteiger partial charge is 0.861 e. The highest BCUT2D eigenvalue weighted by atomic mass is 19.1. The highest BCUT2D eigenvalue weighted by Crippen LogP contribution is 2.31. The fraction of sp³-hybridized carbons (Fsp3) is 0.417. The number of hydrogen-bond donors (Lipinski definition) is 1. The zero-order valence-corrected chi connectivity index (χ0v) is 17.5. The van der Waals surface area contributed by atoms with Gasteiger partial charge >= 0.3 is 0 Å². The molecule has 2 aliphatic heterocycles. The zero-order valence-electron chi connectivity index (χ0n) is 17.5. The lowest BCUT2D eigenvalue weighted by molar-refractivity contribution is -0.217. The number of aliphatic imine (C=N–C) groups is 1. The molecule has 0 aliphatic carbocycles. The highest BCUT2D eigenvalue weighted by molar-refractivity contribution is 5.93. The van der Waals surface area contributed by atoms with Gasteiger partial charge < -0.3 is 19.5 Å². The molecule has 1 saturated heterocycles. The Labute approximate surface area is 181 Å². The fourth-order valence-electron chi connectivity index (χ4n) is 4.11. The van der Waals surface area contributed by atoms with E-state index in [-0.39, 0.29) is 24.0 Å². The molecule has 0 radical (unpaired) electrons. The molecule has 1 N–H and O–H groups in total. The lowest BCUT2D eigenvalue weighted by Gasteiger charge is -2.25. The van der Waals surface area contributed by atoms with Crippen molar-refractivity contribution in [1.82, 2.24) is 4.90 Å². The third-order valence-corrected chi connectivity index (χ3v) is 5.64. The predicted molar refractivity (Wildman–Crippen MR) is 116 cm³/mol. The molecule has 6 nitrogen and oxygen atoms in total. The van der Waals surface area contributed by atoms with E-state index in [2.05, 4.69) is 9.89 Å². The first-order valence-electron chi connectivity index (χ1n) is 10.7. The van der Waals surface area contributed by atoms with Gasteiger partial charge in [-0.2, -0.15) is 0 Å². The van der Waals surface area contributed by atoms with Crippen molar-refractivity contribution in [3.05, 3.63) is 59.4 Å². The highest BCUT2D eigenvalue weighted by Gasteiger charge is 2.22. The Balaban J connectivity index is 1.48. The number of ether oxygens (including phenoxy) is 2. The van der Waals surface area contributed by atoms with Crippen molar-refractivity contribution in [3.63, 3.8) is 0 Å². The minimum Gasteiger partial charge on any atom is -0.861 e. The van der Waals surface area contributed by atoms with E-state index in [0.29, 0.717) is 37.5 Å². The molecule has 7 heteroatoms. The summed E-state index contributed by atoms with van der Waals surface area (Å²) in [6.07, 6.45) is 2.88. The lowest BCUT2D eigenvalue weighted by Crippen LogP contribution is -2.33. The second-order valence-corrected chi connectivity index (χ2v) is 8.08. The van der Waals surface area contributed by atoms with E-state index in [4.69, 9.17) is 14.9 Å². The average Bonchev–Trinajstić information content (AvgIpc) is 3.26. The SMILES string of the molecule is N=C(N=C([O-])Cc1cccc(F)c1)[C@@H](Cc1ccc2c(c1)OCCO2)CN1CCCC1. The summed E-state index contributed by atoms with van der Waals surface area (Å²) in [4.78, 5) is 6.39. The molecule has 2 heterocycles. The van der Waals surface area contributed by atoms with E-state index in [9.17, 15) is 9.50 Å². The molecule has 0 aromatic heterocycles. The molecule has 31 heavy (non-hydrogen) atoms. The molecule has 0 amide bonds. The molecule has 0 saturated carbocycles. The van der Waals surface area contributed by atoms with Crippen molar-refractivity contribution < 1.29 is 19.0 Å². The fourth-order valence-corrected chi connectivity index (χ4v) is 4.11. The van der Waals surface area contributed by atoms with Gasteiger partial charge in [-0.15, -0.1) is 0 Å². The molecule has 2 aromatic rings. The van der Waals surface area contributed by atoms with Gasteiger partial charge in [0.25, 0.3) is 0 Å². The minimum absolute atomic E-state index is 0.0133. The van der Waals surface area contributed by atoms with Crippen LogP contribution in [0.15, 0.2) is 47.5 Å². The molecule has 164 valence electrons. The molecule has 4 rings (SSSR count). The van der Waals surface area contributed by atoms with Crippen LogP contribution in [0.4, 0.5) is 4.39 Å². The number of nitrogens with zero attached hydrogens (tertiary/aromatic N) is 2. The topological polar surface area (TPSA) is 81.0 Å². The number of rotatable bonds is 7. The van der Waals surface area contributed by atoms with Gasteiger partial charge in [0.15, 0.2) is 11.5 Å². The molecule has 0 unspecified atom stereocenters. The number of hydrogen-bond acceptors (Lipinski definition) is 5. The Morgan fingerprint density at radius 3 is 2.61 bits per heavy atom. The third kappa shape index (κ3) is 5.82. The summed E-state index contributed by atoms with van der Waals surface area (Å²) in [7, 11) is 0. The maximum Gasteiger partial charge on any atom is 0.161 e. The molecule has 0 spiro atoms. The van der Waals surface area contributed by atoms with E-state index >= 15 is 0 Å². The summed E-state index contributed by atoms with van der Waals surface area (Å²) in [6.45, 7) is 3.75. The standard InChI is InChI=1S/C24H28FN3O3/c25-20-5-3-4-17(13-20)15-23(29)27-24(26)19(16-28-8-1-2-9-28)12-18-6-7-21-22(14-18)31-11-10-30-21/h3-7,13-14,19H,1-2,8-12,15-16H2,(H2,26,27,29)/p-1/t19-/m0/s1. The van der Waals surface area contributed by atoms with Gasteiger partial charge in [0.2, 0.25) is 0 Å².